The summed E-state index contributed by atoms with van der Waals surface area (Å²) in [6.45, 7) is 4.70. The van der Waals surface area contributed by atoms with Crippen LogP contribution in [-0.4, -0.2) is 19.1 Å². The fourth-order valence-corrected chi connectivity index (χ4v) is 2.55. The molecule has 2 rings (SSSR count). The van der Waals surface area contributed by atoms with Crippen LogP contribution in [0.2, 0.25) is 5.02 Å². The predicted molar refractivity (Wildman–Crippen MR) is 106 cm³/mol. The molecule has 0 atom stereocenters. The van der Waals surface area contributed by atoms with Crippen LogP contribution < -0.4 is 14.8 Å². The highest BCUT2D eigenvalue weighted by Gasteiger charge is 2.06. The lowest BCUT2D eigenvalue weighted by Crippen LogP contribution is -2.20. The molecule has 26 heavy (non-hydrogen) atoms. The third-order valence-corrected chi connectivity index (χ3v) is 4.31. The van der Waals surface area contributed by atoms with Crippen molar-refractivity contribution in [3.63, 3.8) is 0 Å². The van der Waals surface area contributed by atoms with Crippen molar-refractivity contribution in [3.8, 4) is 11.5 Å². The molecule has 0 spiro atoms. The maximum absolute atomic E-state index is 12.1. The van der Waals surface area contributed by atoms with Gasteiger partial charge in [0.2, 0.25) is 0 Å². The largest absolute Gasteiger partial charge is 0.494 e. The number of carbonyl (C=O) groups is 1. The van der Waals surface area contributed by atoms with E-state index >= 15 is 0 Å². The molecule has 4 nitrogen and oxygen atoms in total. The molecule has 0 fully saturated rings. The van der Waals surface area contributed by atoms with Crippen LogP contribution in [0.15, 0.2) is 42.5 Å². The Morgan fingerprint density at radius 2 is 1.85 bits per heavy atom. The van der Waals surface area contributed by atoms with Crippen molar-refractivity contribution in [2.75, 3.05) is 18.5 Å². The van der Waals surface area contributed by atoms with Crippen molar-refractivity contribution in [2.24, 2.45) is 0 Å². The van der Waals surface area contributed by atoms with E-state index in [0.717, 1.165) is 17.7 Å². The summed E-state index contributed by atoms with van der Waals surface area (Å²) in [4.78, 5) is 12.1. The van der Waals surface area contributed by atoms with Crippen LogP contribution in [0, 0.1) is 6.92 Å². The molecule has 1 N–H and O–H groups in total. The quantitative estimate of drug-likeness (QED) is 0.548. The van der Waals surface area contributed by atoms with Crippen LogP contribution in [0.4, 0.5) is 5.69 Å². The smallest absolute Gasteiger partial charge is 0.262 e. The average Bonchev–Trinajstić information content (AvgIpc) is 2.63. The van der Waals surface area contributed by atoms with Gasteiger partial charge in [0.05, 0.1) is 6.61 Å². The normalized spacial score (nSPS) is 10.4. The molecule has 5 heteroatoms. The first-order valence-electron chi connectivity index (χ1n) is 9.00. The second kappa shape index (κ2) is 10.7. The summed E-state index contributed by atoms with van der Waals surface area (Å²) in [5, 5.41) is 3.49. The minimum Gasteiger partial charge on any atom is -0.494 e. The fraction of sp³-hybridized carbons (Fsp3) is 0.381. The zero-order chi connectivity index (χ0) is 18.8. The SMILES string of the molecule is CCCCCCOc1cccc(NC(=O)COc2ccc(Cl)c(C)c2)c1. The molecule has 0 aliphatic carbocycles. The number of carbonyl (C=O) groups excluding carboxylic acids is 1. The van der Waals surface area contributed by atoms with Crippen LogP contribution in [0.25, 0.3) is 0 Å². The molecule has 0 saturated carbocycles. The molecule has 0 radical (unpaired) electrons. The Hall–Kier alpha value is -2.20. The Labute approximate surface area is 160 Å². The lowest BCUT2D eigenvalue weighted by Gasteiger charge is -2.10. The maximum atomic E-state index is 12.1. The molecule has 2 aromatic rings. The van der Waals surface area contributed by atoms with Gasteiger partial charge in [-0.2, -0.15) is 0 Å². The van der Waals surface area contributed by atoms with Crippen LogP contribution in [0.3, 0.4) is 0 Å². The van der Waals surface area contributed by atoms with Crippen LogP contribution in [0.5, 0.6) is 11.5 Å². The first-order valence-corrected chi connectivity index (χ1v) is 9.38. The molecule has 0 unspecified atom stereocenters. The second-order valence-electron chi connectivity index (χ2n) is 6.18. The zero-order valence-electron chi connectivity index (χ0n) is 15.4. The highest BCUT2D eigenvalue weighted by molar-refractivity contribution is 6.31. The molecule has 0 aliphatic rings. The monoisotopic (exact) mass is 375 g/mol. The number of amides is 1. The zero-order valence-corrected chi connectivity index (χ0v) is 16.1. The summed E-state index contributed by atoms with van der Waals surface area (Å²) in [6.07, 6.45) is 4.65. The lowest BCUT2D eigenvalue weighted by atomic mass is 10.2. The van der Waals surface area contributed by atoms with Crippen LogP contribution in [-0.2, 0) is 4.79 Å². The molecule has 1 amide bonds. The number of anilines is 1. The average molecular weight is 376 g/mol. The fourth-order valence-electron chi connectivity index (χ4n) is 2.44. The summed E-state index contributed by atoms with van der Waals surface area (Å²) in [5.74, 6) is 1.15. The van der Waals surface area contributed by atoms with Gasteiger partial charge in [-0.05, 0) is 49.2 Å². The van der Waals surface area contributed by atoms with Crippen molar-refractivity contribution < 1.29 is 14.3 Å². The second-order valence-corrected chi connectivity index (χ2v) is 6.59. The van der Waals surface area contributed by atoms with E-state index in [1.807, 2.05) is 37.3 Å². The Morgan fingerprint density at radius 3 is 2.62 bits per heavy atom. The molecular formula is C21H26ClNO3. The first kappa shape index (κ1) is 20.1. The molecule has 0 aliphatic heterocycles. The number of unbranched alkanes of at least 4 members (excludes halogenated alkanes) is 3. The standard InChI is InChI=1S/C21H26ClNO3/c1-3-4-5-6-12-25-18-9-7-8-17(14-18)23-21(24)15-26-19-10-11-20(22)16(2)13-19/h7-11,13-14H,3-6,12,15H2,1-2H3,(H,23,24). The van der Waals surface area contributed by atoms with Gasteiger partial charge in [0.25, 0.3) is 5.91 Å². The van der Waals surface area contributed by atoms with Crippen molar-refractivity contribution in [3.05, 3.63) is 53.1 Å². The Bertz CT molecular complexity index is 718. The first-order chi connectivity index (χ1) is 12.6. The third kappa shape index (κ3) is 6.96. The molecular weight excluding hydrogens is 350 g/mol. The topological polar surface area (TPSA) is 47.6 Å². The van der Waals surface area contributed by atoms with E-state index in [-0.39, 0.29) is 12.5 Å². The number of hydrogen-bond acceptors (Lipinski definition) is 3. The molecule has 140 valence electrons. The lowest BCUT2D eigenvalue weighted by molar-refractivity contribution is -0.118. The summed E-state index contributed by atoms with van der Waals surface area (Å²) in [7, 11) is 0. The maximum Gasteiger partial charge on any atom is 0.262 e. The van der Waals surface area contributed by atoms with Gasteiger partial charge in [-0.15, -0.1) is 0 Å². The third-order valence-electron chi connectivity index (χ3n) is 3.88. The van der Waals surface area contributed by atoms with E-state index in [4.69, 9.17) is 21.1 Å². The Morgan fingerprint density at radius 1 is 1.04 bits per heavy atom. The van der Waals surface area contributed by atoms with Crippen molar-refractivity contribution >= 4 is 23.2 Å². The van der Waals surface area contributed by atoms with Gasteiger partial charge < -0.3 is 14.8 Å². The van der Waals surface area contributed by atoms with Crippen molar-refractivity contribution in [1.29, 1.82) is 0 Å². The number of halogens is 1. The number of hydrogen-bond donors (Lipinski definition) is 1. The van der Waals surface area contributed by atoms with Gasteiger partial charge in [-0.1, -0.05) is 43.9 Å². The van der Waals surface area contributed by atoms with Gasteiger partial charge in [-0.3, -0.25) is 4.79 Å². The minimum atomic E-state index is -0.224. The van der Waals surface area contributed by atoms with E-state index in [2.05, 4.69) is 12.2 Å². The Kier molecular flexibility index (Phi) is 8.29. The van der Waals surface area contributed by atoms with Gasteiger partial charge in [-0.25, -0.2) is 0 Å². The number of benzene rings is 2. The summed E-state index contributed by atoms with van der Waals surface area (Å²) >= 11 is 5.98. The highest BCUT2D eigenvalue weighted by atomic mass is 35.5. The Balaban J connectivity index is 1.79. The summed E-state index contributed by atoms with van der Waals surface area (Å²) < 4.78 is 11.2. The predicted octanol–water partition coefficient (Wildman–Crippen LogP) is 5.63. The van der Waals surface area contributed by atoms with E-state index in [9.17, 15) is 4.79 Å². The molecule has 0 bridgehead atoms. The van der Waals surface area contributed by atoms with Gasteiger partial charge >= 0.3 is 0 Å². The number of ether oxygens (including phenoxy) is 2. The molecule has 2 aromatic carbocycles. The summed E-state index contributed by atoms with van der Waals surface area (Å²) in [5.41, 5.74) is 1.60. The van der Waals surface area contributed by atoms with Crippen LogP contribution in [0.1, 0.15) is 38.2 Å². The number of rotatable bonds is 10. The highest BCUT2D eigenvalue weighted by Crippen LogP contribution is 2.21. The van der Waals surface area contributed by atoms with Gasteiger partial charge in [0.15, 0.2) is 6.61 Å². The van der Waals surface area contributed by atoms with E-state index < -0.39 is 0 Å². The minimum absolute atomic E-state index is 0.0663. The summed E-state index contributed by atoms with van der Waals surface area (Å²) in [6, 6.07) is 12.7. The molecule has 0 saturated heterocycles. The van der Waals surface area contributed by atoms with E-state index in [0.29, 0.717) is 23.1 Å². The van der Waals surface area contributed by atoms with Crippen molar-refractivity contribution in [2.45, 2.75) is 39.5 Å². The van der Waals surface area contributed by atoms with Gasteiger partial charge in [0.1, 0.15) is 11.5 Å². The van der Waals surface area contributed by atoms with Gasteiger partial charge in [0, 0.05) is 16.8 Å². The van der Waals surface area contributed by atoms with E-state index in [1.54, 1.807) is 12.1 Å². The molecule has 0 aromatic heterocycles. The molecule has 0 heterocycles. The van der Waals surface area contributed by atoms with E-state index in [1.165, 1.54) is 19.3 Å². The number of nitrogens with one attached hydrogen (secondary N) is 1. The van der Waals surface area contributed by atoms with Crippen LogP contribution >= 0.6 is 11.6 Å². The number of aryl methyl sites for hydroxylation is 1. The van der Waals surface area contributed by atoms with Crippen molar-refractivity contribution in [1.82, 2.24) is 0 Å².